The van der Waals surface area contributed by atoms with Crippen LogP contribution < -0.4 is 5.73 Å². The van der Waals surface area contributed by atoms with Gasteiger partial charge in [-0.15, -0.1) is 22.7 Å². The first-order valence-corrected chi connectivity index (χ1v) is 8.03. The number of rotatable bonds is 3. The number of hydrogen-bond donors (Lipinski definition) is 1. The third-order valence-corrected chi connectivity index (χ3v) is 5.16. The molecule has 0 saturated heterocycles. The van der Waals surface area contributed by atoms with E-state index in [1.807, 2.05) is 10.3 Å². The van der Waals surface area contributed by atoms with Crippen LogP contribution in [0, 0.1) is 0 Å². The molecule has 0 bridgehead atoms. The van der Waals surface area contributed by atoms with Crippen molar-refractivity contribution in [3.05, 3.63) is 38.0 Å². The minimum atomic E-state index is 0.0383. The van der Waals surface area contributed by atoms with Crippen molar-refractivity contribution in [2.24, 2.45) is 5.73 Å². The van der Waals surface area contributed by atoms with E-state index < -0.39 is 0 Å². The van der Waals surface area contributed by atoms with Gasteiger partial charge >= 0.3 is 0 Å². The lowest BCUT2D eigenvalue weighted by Gasteiger charge is -2.26. The number of amides is 1. The molecule has 0 radical (unpaired) electrons. The van der Waals surface area contributed by atoms with E-state index in [1.165, 1.54) is 21.8 Å². The number of hydrogen-bond acceptors (Lipinski definition) is 5. The Labute approximate surface area is 119 Å². The minimum Gasteiger partial charge on any atom is -0.333 e. The van der Waals surface area contributed by atoms with Crippen molar-refractivity contribution in [3.63, 3.8) is 0 Å². The fraction of sp³-hybridized carbons (Fsp3) is 0.385. The van der Waals surface area contributed by atoms with Gasteiger partial charge in [0.2, 0.25) is 0 Å². The average Bonchev–Trinajstić information content (AvgIpc) is 3.05. The molecule has 19 heavy (non-hydrogen) atoms. The lowest BCUT2D eigenvalue weighted by atomic mass is 10.1. The van der Waals surface area contributed by atoms with Crippen LogP contribution in [0.2, 0.25) is 0 Å². The molecule has 1 amide bonds. The molecule has 1 aliphatic heterocycles. The van der Waals surface area contributed by atoms with Crippen LogP contribution in [-0.4, -0.2) is 28.9 Å². The van der Waals surface area contributed by atoms with E-state index in [9.17, 15) is 4.79 Å². The molecule has 0 aromatic carbocycles. The first kappa shape index (κ1) is 12.8. The molecule has 0 spiro atoms. The molecule has 6 heteroatoms. The van der Waals surface area contributed by atoms with E-state index in [1.54, 1.807) is 11.3 Å². The van der Waals surface area contributed by atoms with Gasteiger partial charge in [0.05, 0.1) is 5.01 Å². The predicted molar refractivity (Wildman–Crippen MR) is 77.6 cm³/mol. The Morgan fingerprint density at radius 2 is 2.37 bits per heavy atom. The van der Waals surface area contributed by atoms with Crippen LogP contribution in [0.25, 0.3) is 0 Å². The van der Waals surface area contributed by atoms with Gasteiger partial charge in [0.25, 0.3) is 5.91 Å². The molecular formula is C13H15N3OS2. The summed E-state index contributed by atoms with van der Waals surface area (Å²) in [6.45, 7) is 2.07. The summed E-state index contributed by atoms with van der Waals surface area (Å²) in [5.74, 6) is 0.0383. The minimum absolute atomic E-state index is 0.0383. The van der Waals surface area contributed by atoms with Gasteiger partial charge in [-0.1, -0.05) is 0 Å². The summed E-state index contributed by atoms with van der Waals surface area (Å²) in [6, 6.07) is 2.11. The number of nitrogens with two attached hydrogens (primary N) is 1. The summed E-state index contributed by atoms with van der Waals surface area (Å²) in [4.78, 5) is 20.1. The zero-order valence-corrected chi connectivity index (χ0v) is 12.1. The van der Waals surface area contributed by atoms with Crippen LogP contribution in [-0.2, 0) is 19.4 Å². The quantitative estimate of drug-likeness (QED) is 0.940. The van der Waals surface area contributed by atoms with Crippen molar-refractivity contribution in [1.82, 2.24) is 9.88 Å². The number of carbonyl (C=O) groups excluding carboxylic acids is 1. The molecule has 4 nitrogen and oxygen atoms in total. The Morgan fingerprint density at radius 1 is 1.47 bits per heavy atom. The SMILES string of the molecule is NCCc1nc(C(=O)N2CCc3sccc3C2)cs1. The fourth-order valence-electron chi connectivity index (χ4n) is 2.23. The lowest BCUT2D eigenvalue weighted by Crippen LogP contribution is -2.35. The number of thiazole rings is 1. The lowest BCUT2D eigenvalue weighted by molar-refractivity contribution is 0.0730. The van der Waals surface area contributed by atoms with Gasteiger partial charge in [-0.25, -0.2) is 4.98 Å². The van der Waals surface area contributed by atoms with Crippen LogP contribution >= 0.6 is 22.7 Å². The highest BCUT2D eigenvalue weighted by Crippen LogP contribution is 2.25. The van der Waals surface area contributed by atoms with Crippen LogP contribution in [0.4, 0.5) is 0 Å². The molecule has 3 rings (SSSR count). The summed E-state index contributed by atoms with van der Waals surface area (Å²) < 4.78 is 0. The van der Waals surface area contributed by atoms with Gasteiger partial charge in [0, 0.05) is 29.8 Å². The summed E-state index contributed by atoms with van der Waals surface area (Å²) in [6.07, 6.45) is 1.70. The van der Waals surface area contributed by atoms with E-state index in [4.69, 9.17) is 5.73 Å². The Bertz CT molecular complexity index is 590. The predicted octanol–water partition coefficient (Wildman–Crippen LogP) is 1.90. The molecular weight excluding hydrogens is 278 g/mol. The van der Waals surface area contributed by atoms with Crippen LogP contribution in [0.3, 0.4) is 0 Å². The molecule has 0 atom stereocenters. The Hall–Kier alpha value is -1.24. The largest absolute Gasteiger partial charge is 0.333 e. The fourth-order valence-corrected chi connectivity index (χ4v) is 3.91. The monoisotopic (exact) mass is 293 g/mol. The van der Waals surface area contributed by atoms with Crippen LogP contribution in [0.1, 0.15) is 25.9 Å². The summed E-state index contributed by atoms with van der Waals surface area (Å²) in [7, 11) is 0. The highest BCUT2D eigenvalue weighted by molar-refractivity contribution is 7.10. The van der Waals surface area contributed by atoms with Crippen LogP contribution in [0.5, 0.6) is 0 Å². The average molecular weight is 293 g/mol. The molecule has 2 aromatic heterocycles. The van der Waals surface area contributed by atoms with Gasteiger partial charge in [-0.3, -0.25) is 4.79 Å². The second-order valence-corrected chi connectivity index (χ2v) is 6.45. The number of nitrogens with zero attached hydrogens (tertiary/aromatic N) is 2. The molecule has 3 heterocycles. The third kappa shape index (κ3) is 2.56. The summed E-state index contributed by atoms with van der Waals surface area (Å²) >= 11 is 3.30. The third-order valence-electron chi connectivity index (χ3n) is 3.22. The normalized spacial score (nSPS) is 14.5. The molecule has 0 fully saturated rings. The zero-order chi connectivity index (χ0) is 13.2. The maximum Gasteiger partial charge on any atom is 0.273 e. The Balaban J connectivity index is 1.74. The molecule has 1 aliphatic rings. The number of thiophene rings is 1. The summed E-state index contributed by atoms with van der Waals surface area (Å²) in [5.41, 5.74) is 7.34. The van der Waals surface area contributed by atoms with Crippen molar-refractivity contribution in [1.29, 1.82) is 0 Å². The molecule has 2 N–H and O–H groups in total. The highest BCUT2D eigenvalue weighted by Gasteiger charge is 2.23. The maximum absolute atomic E-state index is 12.4. The number of aromatic nitrogens is 1. The van der Waals surface area contributed by atoms with Crippen LogP contribution in [0.15, 0.2) is 16.8 Å². The molecule has 0 saturated carbocycles. The Morgan fingerprint density at radius 3 is 3.21 bits per heavy atom. The molecule has 0 unspecified atom stereocenters. The zero-order valence-electron chi connectivity index (χ0n) is 10.5. The van der Waals surface area contributed by atoms with E-state index >= 15 is 0 Å². The standard InChI is InChI=1S/C13H15N3OS2/c14-4-1-12-15-10(8-19-12)13(17)16-5-2-11-9(7-16)3-6-18-11/h3,6,8H,1-2,4-5,7,14H2. The second-order valence-electron chi connectivity index (χ2n) is 4.51. The van der Waals surface area contributed by atoms with Crippen molar-refractivity contribution in [2.75, 3.05) is 13.1 Å². The van der Waals surface area contributed by atoms with Crippen molar-refractivity contribution in [2.45, 2.75) is 19.4 Å². The van der Waals surface area contributed by atoms with Gasteiger partial charge in [-0.05, 0) is 30.0 Å². The maximum atomic E-state index is 12.4. The van der Waals surface area contributed by atoms with E-state index in [0.717, 1.165) is 24.4 Å². The number of fused-ring (bicyclic) bond motifs is 1. The first-order chi connectivity index (χ1) is 9.28. The first-order valence-electron chi connectivity index (χ1n) is 6.27. The number of carbonyl (C=O) groups is 1. The molecule has 100 valence electrons. The Kier molecular flexibility index (Phi) is 3.63. The van der Waals surface area contributed by atoms with Gasteiger partial charge in [-0.2, -0.15) is 0 Å². The van der Waals surface area contributed by atoms with Crippen molar-refractivity contribution < 1.29 is 4.79 Å². The van der Waals surface area contributed by atoms with E-state index in [2.05, 4.69) is 16.4 Å². The van der Waals surface area contributed by atoms with Gasteiger partial charge in [0.15, 0.2) is 0 Å². The van der Waals surface area contributed by atoms with Gasteiger partial charge < -0.3 is 10.6 Å². The molecule has 0 aliphatic carbocycles. The molecule has 2 aromatic rings. The van der Waals surface area contributed by atoms with Crippen molar-refractivity contribution >= 4 is 28.6 Å². The smallest absolute Gasteiger partial charge is 0.273 e. The highest BCUT2D eigenvalue weighted by atomic mass is 32.1. The van der Waals surface area contributed by atoms with Gasteiger partial charge in [0.1, 0.15) is 5.69 Å². The van der Waals surface area contributed by atoms with Crippen molar-refractivity contribution in [3.8, 4) is 0 Å². The second kappa shape index (κ2) is 5.40. The summed E-state index contributed by atoms with van der Waals surface area (Å²) in [5, 5.41) is 4.89. The van der Waals surface area contributed by atoms with E-state index in [-0.39, 0.29) is 5.91 Å². The topological polar surface area (TPSA) is 59.2 Å². The van der Waals surface area contributed by atoms with E-state index in [0.29, 0.717) is 18.8 Å².